The van der Waals surface area contributed by atoms with Gasteiger partial charge in [0.15, 0.2) is 18.1 Å². The Bertz CT molecular complexity index is 1210. The van der Waals surface area contributed by atoms with E-state index in [1.807, 2.05) is 13.0 Å². The maximum Gasteiger partial charge on any atom is 0.271 e. The smallest absolute Gasteiger partial charge is 0.271 e. The van der Waals surface area contributed by atoms with Crippen molar-refractivity contribution in [2.45, 2.75) is 6.92 Å². The molecule has 0 heterocycles. The minimum Gasteiger partial charge on any atom is -0.493 e. The molecule has 3 aromatic carbocycles. The lowest BCUT2D eigenvalue weighted by Gasteiger charge is -2.09. The number of benzene rings is 3. The summed E-state index contributed by atoms with van der Waals surface area (Å²) in [5.41, 5.74) is 5.02. The number of anilines is 1. The van der Waals surface area contributed by atoms with Crippen LogP contribution < -0.4 is 25.0 Å². The molecule has 3 rings (SSSR count). The van der Waals surface area contributed by atoms with Crippen LogP contribution in [-0.2, 0) is 4.79 Å². The van der Waals surface area contributed by atoms with Gasteiger partial charge in [-0.1, -0.05) is 29.8 Å². The fraction of sp³-hybridized carbons (Fsp3) is 0.160. The summed E-state index contributed by atoms with van der Waals surface area (Å²) in [6.07, 6.45) is 1.47. The maximum atomic E-state index is 12.3. The molecule has 0 fully saturated rings. The van der Waals surface area contributed by atoms with Gasteiger partial charge in [0.05, 0.1) is 20.4 Å². The molecule has 0 saturated carbocycles. The first-order chi connectivity index (χ1) is 16.4. The number of methoxy groups -OCH3 is 2. The third-order valence-corrected chi connectivity index (χ3v) is 5.12. The highest BCUT2D eigenvalue weighted by Crippen LogP contribution is 2.27. The van der Waals surface area contributed by atoms with Gasteiger partial charge in [0.25, 0.3) is 11.8 Å². The van der Waals surface area contributed by atoms with E-state index in [0.717, 1.165) is 5.56 Å². The number of hydrazone groups is 1. The quantitative estimate of drug-likeness (QED) is 0.347. The molecule has 2 N–H and O–H groups in total. The SMILES string of the molecule is COc1ccc(C(=O)N/N=C/c2cccc(OCC(=O)Nc3ccc(C)c(Cl)c3)c2)cc1OC. The van der Waals surface area contributed by atoms with Gasteiger partial charge in [-0.05, 0) is 60.5 Å². The number of rotatable bonds is 9. The predicted molar refractivity (Wildman–Crippen MR) is 131 cm³/mol. The molecule has 0 aliphatic rings. The maximum absolute atomic E-state index is 12.3. The first-order valence-electron chi connectivity index (χ1n) is 10.2. The summed E-state index contributed by atoms with van der Waals surface area (Å²) in [5, 5.41) is 7.29. The number of carbonyl (C=O) groups excluding carboxylic acids is 2. The molecule has 0 aliphatic heterocycles. The lowest BCUT2D eigenvalue weighted by Crippen LogP contribution is -2.20. The molecule has 0 radical (unpaired) electrons. The van der Waals surface area contributed by atoms with Crippen molar-refractivity contribution in [2.24, 2.45) is 5.10 Å². The van der Waals surface area contributed by atoms with Crippen molar-refractivity contribution in [3.63, 3.8) is 0 Å². The molecule has 2 amide bonds. The molecule has 3 aromatic rings. The zero-order valence-electron chi connectivity index (χ0n) is 18.9. The Morgan fingerprint density at radius 2 is 1.79 bits per heavy atom. The van der Waals surface area contributed by atoms with Crippen molar-refractivity contribution in [1.82, 2.24) is 5.43 Å². The average Bonchev–Trinajstić information content (AvgIpc) is 2.84. The highest BCUT2D eigenvalue weighted by atomic mass is 35.5. The monoisotopic (exact) mass is 481 g/mol. The molecule has 0 aliphatic carbocycles. The zero-order valence-corrected chi connectivity index (χ0v) is 19.7. The van der Waals surface area contributed by atoms with Crippen LogP contribution in [0, 0.1) is 6.92 Å². The van der Waals surface area contributed by atoms with Crippen molar-refractivity contribution in [2.75, 3.05) is 26.1 Å². The third-order valence-electron chi connectivity index (χ3n) is 4.71. The molecule has 0 unspecified atom stereocenters. The second kappa shape index (κ2) is 11.7. The summed E-state index contributed by atoms with van der Waals surface area (Å²) in [5.74, 6) is 0.722. The molecule has 0 saturated heterocycles. The molecule has 8 nitrogen and oxygen atoms in total. The van der Waals surface area contributed by atoms with E-state index < -0.39 is 5.91 Å². The first-order valence-corrected chi connectivity index (χ1v) is 10.6. The Balaban J connectivity index is 1.54. The average molecular weight is 482 g/mol. The van der Waals surface area contributed by atoms with Crippen molar-refractivity contribution < 1.29 is 23.8 Å². The van der Waals surface area contributed by atoms with E-state index >= 15 is 0 Å². The van der Waals surface area contributed by atoms with Crippen molar-refractivity contribution in [3.8, 4) is 17.2 Å². The van der Waals surface area contributed by atoms with Crippen LogP contribution in [0.5, 0.6) is 17.2 Å². The van der Waals surface area contributed by atoms with E-state index in [1.54, 1.807) is 54.6 Å². The summed E-state index contributed by atoms with van der Waals surface area (Å²) in [6, 6.07) is 17.0. The summed E-state index contributed by atoms with van der Waals surface area (Å²) in [7, 11) is 3.01. The van der Waals surface area contributed by atoms with Crippen molar-refractivity contribution in [1.29, 1.82) is 0 Å². The molecular weight excluding hydrogens is 458 g/mol. The summed E-state index contributed by atoms with van der Waals surface area (Å²) in [4.78, 5) is 24.5. The highest BCUT2D eigenvalue weighted by molar-refractivity contribution is 6.31. The number of carbonyl (C=O) groups is 2. The molecule has 0 atom stereocenters. The molecule has 34 heavy (non-hydrogen) atoms. The molecule has 0 bridgehead atoms. The molecule has 0 aromatic heterocycles. The number of nitrogens with zero attached hydrogens (tertiary/aromatic N) is 1. The van der Waals surface area contributed by atoms with Gasteiger partial charge >= 0.3 is 0 Å². The van der Waals surface area contributed by atoms with Gasteiger partial charge in [-0.3, -0.25) is 9.59 Å². The number of aryl methyl sites for hydroxylation is 1. The summed E-state index contributed by atoms with van der Waals surface area (Å²) in [6.45, 7) is 1.71. The number of nitrogens with one attached hydrogen (secondary N) is 2. The van der Waals surface area contributed by atoms with Crippen molar-refractivity contribution in [3.05, 3.63) is 82.4 Å². The Labute approximate surface area is 202 Å². The molecular formula is C25H24ClN3O5. The van der Waals surface area contributed by atoms with Crippen molar-refractivity contribution >= 4 is 35.3 Å². The Hall–Kier alpha value is -4.04. The van der Waals surface area contributed by atoms with Crippen LogP contribution in [0.15, 0.2) is 65.8 Å². The highest BCUT2D eigenvalue weighted by Gasteiger charge is 2.10. The lowest BCUT2D eigenvalue weighted by molar-refractivity contribution is -0.118. The van der Waals surface area contributed by atoms with Crippen LogP contribution in [0.25, 0.3) is 0 Å². The normalized spacial score (nSPS) is 10.6. The van der Waals surface area contributed by atoms with Gasteiger partial charge < -0.3 is 19.5 Å². The van der Waals surface area contributed by atoms with Gasteiger partial charge in [-0.15, -0.1) is 0 Å². The van der Waals surface area contributed by atoms with Gasteiger partial charge in [0.1, 0.15) is 5.75 Å². The Morgan fingerprint density at radius 1 is 1.00 bits per heavy atom. The van der Waals surface area contributed by atoms with Crippen LogP contribution in [0.1, 0.15) is 21.5 Å². The summed E-state index contributed by atoms with van der Waals surface area (Å²) >= 11 is 6.08. The van der Waals surface area contributed by atoms with E-state index in [2.05, 4.69) is 15.8 Å². The first kappa shape index (κ1) is 24.6. The number of ether oxygens (including phenoxy) is 3. The topological polar surface area (TPSA) is 98.3 Å². The Kier molecular flexibility index (Phi) is 8.48. The van der Waals surface area contributed by atoms with Gasteiger partial charge in [0, 0.05) is 16.3 Å². The summed E-state index contributed by atoms with van der Waals surface area (Å²) < 4.78 is 15.9. The second-order valence-corrected chi connectivity index (χ2v) is 7.55. The fourth-order valence-corrected chi connectivity index (χ4v) is 3.09. The number of hydrogen-bond donors (Lipinski definition) is 2. The molecule has 9 heteroatoms. The third kappa shape index (κ3) is 6.73. The predicted octanol–water partition coefficient (Wildman–Crippen LogP) is 4.45. The van der Waals surface area contributed by atoms with Gasteiger partial charge in [-0.25, -0.2) is 5.43 Å². The fourth-order valence-electron chi connectivity index (χ4n) is 2.91. The minimum absolute atomic E-state index is 0.178. The standard InChI is InChI=1S/C25H24ClN3O5/c1-16-7-9-19(13-21(16)26)28-24(30)15-34-20-6-4-5-17(11-20)14-27-29-25(31)18-8-10-22(32-2)23(12-18)33-3/h4-14H,15H2,1-3H3,(H,28,30)(H,29,31)/b27-14+. The number of hydrogen-bond acceptors (Lipinski definition) is 6. The van der Waals surface area contributed by atoms with Gasteiger partial charge in [0.2, 0.25) is 0 Å². The van der Waals surface area contributed by atoms with E-state index in [-0.39, 0.29) is 12.5 Å². The van der Waals surface area contributed by atoms with Crippen LogP contribution in [0.3, 0.4) is 0 Å². The van der Waals surface area contributed by atoms with Crippen LogP contribution in [0.2, 0.25) is 5.02 Å². The van der Waals surface area contributed by atoms with Crippen LogP contribution in [-0.4, -0.2) is 38.9 Å². The number of amides is 2. The van der Waals surface area contributed by atoms with Crippen LogP contribution in [0.4, 0.5) is 5.69 Å². The van der Waals surface area contributed by atoms with E-state index in [0.29, 0.717) is 39.1 Å². The largest absolute Gasteiger partial charge is 0.493 e. The number of halogens is 1. The molecule has 0 spiro atoms. The molecule has 176 valence electrons. The lowest BCUT2D eigenvalue weighted by atomic mass is 10.2. The Morgan fingerprint density at radius 3 is 2.53 bits per heavy atom. The van der Waals surface area contributed by atoms with E-state index in [4.69, 9.17) is 25.8 Å². The second-order valence-electron chi connectivity index (χ2n) is 7.14. The van der Waals surface area contributed by atoms with E-state index in [1.165, 1.54) is 20.4 Å². The van der Waals surface area contributed by atoms with Gasteiger partial charge in [-0.2, -0.15) is 5.10 Å². The van der Waals surface area contributed by atoms with E-state index in [9.17, 15) is 9.59 Å². The van der Waals surface area contributed by atoms with Crippen LogP contribution >= 0.6 is 11.6 Å². The minimum atomic E-state index is -0.405. The zero-order chi connectivity index (χ0) is 24.5.